The first kappa shape index (κ1) is 19.1. The minimum atomic E-state index is -3.45. The third-order valence-corrected chi connectivity index (χ3v) is 8.03. The van der Waals surface area contributed by atoms with Crippen molar-refractivity contribution in [1.82, 2.24) is 14.1 Å². The normalized spacial score (nSPS) is 15.7. The largest absolute Gasteiger partial charge is 0.353 e. The molecule has 7 nitrogen and oxygen atoms in total. The van der Waals surface area contributed by atoms with E-state index >= 15 is 0 Å². The minimum Gasteiger partial charge on any atom is -0.353 e. The number of aromatic nitrogens is 2. The van der Waals surface area contributed by atoms with Crippen molar-refractivity contribution in [1.29, 1.82) is 0 Å². The molecule has 3 aromatic rings. The summed E-state index contributed by atoms with van der Waals surface area (Å²) in [6, 6.07) is 13.3. The van der Waals surface area contributed by atoms with Crippen molar-refractivity contribution in [2.24, 2.45) is 0 Å². The lowest BCUT2D eigenvalue weighted by molar-refractivity contribution is 0.384. The van der Waals surface area contributed by atoms with E-state index in [1.54, 1.807) is 47.8 Å². The molecule has 146 valence electrons. The second-order valence-electron chi connectivity index (χ2n) is 6.24. The van der Waals surface area contributed by atoms with Crippen LogP contribution in [0.4, 0.5) is 5.82 Å². The first-order valence-electron chi connectivity index (χ1n) is 8.60. The maximum Gasteiger partial charge on any atom is 0.271 e. The van der Waals surface area contributed by atoms with Gasteiger partial charge in [-0.3, -0.25) is 4.79 Å². The van der Waals surface area contributed by atoms with Crippen LogP contribution in [-0.2, 0) is 10.0 Å². The Labute approximate surface area is 171 Å². The summed E-state index contributed by atoms with van der Waals surface area (Å²) >= 11 is 7.13. The summed E-state index contributed by atoms with van der Waals surface area (Å²) in [5.74, 6) is 0.628. The van der Waals surface area contributed by atoms with Gasteiger partial charge in [0.25, 0.3) is 15.6 Å². The molecule has 1 aliphatic heterocycles. The lowest BCUT2D eigenvalue weighted by Crippen LogP contribution is -2.49. The van der Waals surface area contributed by atoms with Crippen LogP contribution in [0.2, 0.25) is 5.02 Å². The van der Waals surface area contributed by atoms with Gasteiger partial charge in [-0.25, -0.2) is 8.42 Å². The van der Waals surface area contributed by atoms with Crippen molar-refractivity contribution >= 4 is 38.8 Å². The highest BCUT2D eigenvalue weighted by Gasteiger charge is 2.29. The molecule has 0 atom stereocenters. The molecule has 0 N–H and O–H groups in total. The number of hydrogen-bond acceptors (Lipinski definition) is 6. The van der Waals surface area contributed by atoms with E-state index in [-0.39, 0.29) is 5.56 Å². The highest BCUT2D eigenvalue weighted by molar-refractivity contribution is 7.91. The first-order valence-corrected chi connectivity index (χ1v) is 11.3. The van der Waals surface area contributed by atoms with E-state index in [9.17, 15) is 13.2 Å². The molecule has 3 heterocycles. The van der Waals surface area contributed by atoms with Gasteiger partial charge in [0.05, 0.1) is 5.69 Å². The van der Waals surface area contributed by atoms with Crippen molar-refractivity contribution in [2.45, 2.75) is 4.21 Å². The Morgan fingerprint density at radius 2 is 1.68 bits per heavy atom. The predicted octanol–water partition coefficient (Wildman–Crippen LogP) is 2.46. The molecule has 0 radical (unpaired) electrons. The molecular formula is C18H17ClN4O3S2. The summed E-state index contributed by atoms with van der Waals surface area (Å²) in [7, 11) is -3.45. The Balaban J connectivity index is 1.53. The Bertz CT molecular complexity index is 1120. The number of hydrogen-bond donors (Lipinski definition) is 0. The van der Waals surface area contributed by atoms with Crippen LogP contribution in [0.25, 0.3) is 5.69 Å². The van der Waals surface area contributed by atoms with Gasteiger partial charge in [-0.05, 0) is 41.8 Å². The van der Waals surface area contributed by atoms with E-state index in [4.69, 9.17) is 11.6 Å². The van der Waals surface area contributed by atoms with E-state index in [0.29, 0.717) is 46.9 Å². The zero-order chi connectivity index (χ0) is 19.7. The molecule has 0 unspecified atom stereocenters. The quantitative estimate of drug-likeness (QED) is 0.628. The summed E-state index contributed by atoms with van der Waals surface area (Å²) in [6.07, 6.45) is 0. The van der Waals surface area contributed by atoms with E-state index in [2.05, 4.69) is 5.10 Å². The summed E-state index contributed by atoms with van der Waals surface area (Å²) in [4.78, 5) is 14.2. The third kappa shape index (κ3) is 3.70. The number of benzene rings is 1. The van der Waals surface area contributed by atoms with Crippen molar-refractivity contribution in [3.63, 3.8) is 0 Å². The van der Waals surface area contributed by atoms with Crippen LogP contribution in [-0.4, -0.2) is 48.7 Å². The van der Waals surface area contributed by atoms with Gasteiger partial charge in [-0.2, -0.15) is 8.99 Å². The SMILES string of the molecule is O=c1ccc(N2CCN(S(=O)(=O)c3cccs3)CC2)nn1-c1ccc(Cl)cc1. The molecule has 0 aliphatic carbocycles. The highest BCUT2D eigenvalue weighted by Crippen LogP contribution is 2.23. The molecule has 4 rings (SSSR count). The second-order valence-corrected chi connectivity index (χ2v) is 9.79. The summed E-state index contributed by atoms with van der Waals surface area (Å²) in [5.41, 5.74) is 0.375. The Morgan fingerprint density at radius 3 is 2.32 bits per heavy atom. The van der Waals surface area contributed by atoms with E-state index in [1.807, 2.05) is 4.90 Å². The molecule has 28 heavy (non-hydrogen) atoms. The zero-order valence-electron chi connectivity index (χ0n) is 14.7. The van der Waals surface area contributed by atoms with Gasteiger partial charge in [-0.1, -0.05) is 17.7 Å². The average molecular weight is 437 g/mol. The molecule has 1 aliphatic rings. The van der Waals surface area contributed by atoms with Crippen LogP contribution in [0.1, 0.15) is 0 Å². The number of rotatable bonds is 4. The number of anilines is 1. The Hall–Kier alpha value is -2.20. The summed E-state index contributed by atoms with van der Waals surface area (Å²) in [6.45, 7) is 1.72. The number of halogens is 1. The minimum absolute atomic E-state index is 0.245. The Kier molecular flexibility index (Phi) is 5.24. The summed E-state index contributed by atoms with van der Waals surface area (Å²) in [5, 5.41) is 6.79. The van der Waals surface area contributed by atoms with Gasteiger partial charge in [0.2, 0.25) is 0 Å². The van der Waals surface area contributed by atoms with Gasteiger partial charge in [0, 0.05) is 37.3 Å². The number of sulfonamides is 1. The van der Waals surface area contributed by atoms with Gasteiger partial charge in [0.1, 0.15) is 10.0 Å². The molecule has 0 spiro atoms. The van der Waals surface area contributed by atoms with Crippen molar-refractivity contribution in [3.05, 3.63) is 69.3 Å². The first-order chi connectivity index (χ1) is 13.4. The number of piperazine rings is 1. The lowest BCUT2D eigenvalue weighted by atomic mass is 10.3. The number of nitrogens with zero attached hydrogens (tertiary/aromatic N) is 4. The molecule has 2 aromatic heterocycles. The van der Waals surface area contributed by atoms with E-state index < -0.39 is 10.0 Å². The van der Waals surface area contributed by atoms with Gasteiger partial charge in [0.15, 0.2) is 0 Å². The van der Waals surface area contributed by atoms with Crippen molar-refractivity contribution in [3.8, 4) is 5.69 Å². The van der Waals surface area contributed by atoms with Gasteiger partial charge < -0.3 is 4.90 Å². The van der Waals surface area contributed by atoms with Crippen molar-refractivity contribution in [2.75, 3.05) is 31.1 Å². The fourth-order valence-corrected chi connectivity index (χ4v) is 5.73. The van der Waals surface area contributed by atoms with Crippen LogP contribution >= 0.6 is 22.9 Å². The smallest absolute Gasteiger partial charge is 0.271 e. The fraction of sp³-hybridized carbons (Fsp3) is 0.222. The molecule has 0 saturated carbocycles. The van der Waals surface area contributed by atoms with Crippen LogP contribution in [0.15, 0.2) is 62.9 Å². The molecular weight excluding hydrogens is 420 g/mol. The van der Waals surface area contributed by atoms with E-state index in [1.165, 1.54) is 26.4 Å². The zero-order valence-corrected chi connectivity index (χ0v) is 17.1. The molecule has 1 aromatic carbocycles. The highest BCUT2D eigenvalue weighted by atomic mass is 35.5. The number of thiophene rings is 1. The van der Waals surface area contributed by atoms with E-state index in [0.717, 1.165) is 0 Å². The molecule has 10 heteroatoms. The van der Waals surface area contributed by atoms with Crippen LogP contribution in [0.3, 0.4) is 0 Å². The molecule has 1 fully saturated rings. The second kappa shape index (κ2) is 7.67. The average Bonchev–Trinajstić information content (AvgIpc) is 3.25. The fourth-order valence-electron chi connectivity index (χ4n) is 3.03. The third-order valence-electron chi connectivity index (χ3n) is 4.51. The monoisotopic (exact) mass is 436 g/mol. The molecule has 0 bridgehead atoms. The predicted molar refractivity (Wildman–Crippen MR) is 110 cm³/mol. The van der Waals surface area contributed by atoms with Gasteiger partial charge in [-0.15, -0.1) is 16.4 Å². The topological polar surface area (TPSA) is 75.5 Å². The van der Waals surface area contributed by atoms with Crippen LogP contribution < -0.4 is 10.5 Å². The lowest BCUT2D eigenvalue weighted by Gasteiger charge is -2.34. The van der Waals surface area contributed by atoms with Crippen LogP contribution in [0, 0.1) is 0 Å². The summed E-state index contributed by atoms with van der Waals surface area (Å²) < 4.78 is 28.5. The Morgan fingerprint density at radius 1 is 0.964 bits per heavy atom. The maximum absolute atomic E-state index is 12.6. The van der Waals surface area contributed by atoms with Crippen molar-refractivity contribution < 1.29 is 8.42 Å². The molecule has 0 amide bonds. The van der Waals surface area contributed by atoms with Crippen LogP contribution in [0.5, 0.6) is 0 Å². The molecule has 1 saturated heterocycles. The van der Waals surface area contributed by atoms with Gasteiger partial charge >= 0.3 is 0 Å². The standard InChI is InChI=1S/C18H17ClN4O3S2/c19-14-3-5-15(6-4-14)23-17(24)8-7-16(20-23)21-9-11-22(12-10-21)28(25,26)18-2-1-13-27-18/h1-8,13H,9-12H2. The maximum atomic E-state index is 12.6.